The van der Waals surface area contributed by atoms with Crippen molar-refractivity contribution in [3.8, 4) is 0 Å². The molecule has 2 N–H and O–H groups in total. The van der Waals surface area contributed by atoms with E-state index in [-0.39, 0.29) is 5.91 Å². The second kappa shape index (κ2) is 8.93. The van der Waals surface area contributed by atoms with Crippen molar-refractivity contribution in [1.82, 2.24) is 15.5 Å². The van der Waals surface area contributed by atoms with Crippen molar-refractivity contribution in [3.05, 3.63) is 0 Å². The highest BCUT2D eigenvalue weighted by molar-refractivity contribution is 5.77. The largest absolute Gasteiger partial charge is 0.383 e. The molecule has 0 aromatic rings. The Morgan fingerprint density at radius 1 is 1.36 bits per heavy atom. The van der Waals surface area contributed by atoms with E-state index in [2.05, 4.69) is 10.6 Å². The van der Waals surface area contributed by atoms with Crippen LogP contribution in [0, 0.1) is 0 Å². The molecule has 0 fully saturated rings. The molecule has 84 valence electrons. The van der Waals surface area contributed by atoms with Crippen LogP contribution in [0.15, 0.2) is 0 Å². The van der Waals surface area contributed by atoms with Crippen LogP contribution < -0.4 is 10.6 Å². The van der Waals surface area contributed by atoms with E-state index >= 15 is 0 Å². The lowest BCUT2D eigenvalue weighted by molar-refractivity contribution is -0.120. The lowest BCUT2D eigenvalue weighted by atomic mass is 10.5. The number of carbonyl (C=O) groups excluding carboxylic acids is 1. The zero-order valence-electron chi connectivity index (χ0n) is 9.30. The predicted molar refractivity (Wildman–Crippen MR) is 56.3 cm³/mol. The molecule has 5 nitrogen and oxygen atoms in total. The number of amides is 1. The first kappa shape index (κ1) is 13.4. The maximum atomic E-state index is 11.2. The fourth-order valence-electron chi connectivity index (χ4n) is 0.858. The fraction of sp³-hybridized carbons (Fsp3) is 0.889. The van der Waals surface area contributed by atoms with Gasteiger partial charge < -0.3 is 20.3 Å². The van der Waals surface area contributed by atoms with Crippen LogP contribution in [0.5, 0.6) is 0 Å². The number of methoxy groups -OCH3 is 1. The van der Waals surface area contributed by atoms with Gasteiger partial charge in [-0.25, -0.2) is 0 Å². The molecule has 0 aliphatic carbocycles. The molecule has 0 heterocycles. The zero-order chi connectivity index (χ0) is 10.8. The number of rotatable bonds is 8. The molecule has 0 radical (unpaired) electrons. The van der Waals surface area contributed by atoms with Gasteiger partial charge in [0.05, 0.1) is 13.2 Å². The van der Waals surface area contributed by atoms with Crippen LogP contribution >= 0.6 is 0 Å². The number of nitrogens with zero attached hydrogens (tertiary/aromatic N) is 1. The summed E-state index contributed by atoms with van der Waals surface area (Å²) in [6.07, 6.45) is 0. The molecular weight excluding hydrogens is 182 g/mol. The van der Waals surface area contributed by atoms with Crippen LogP contribution in [-0.2, 0) is 9.53 Å². The van der Waals surface area contributed by atoms with Gasteiger partial charge in [0.2, 0.25) is 5.91 Å². The third-order valence-electron chi connectivity index (χ3n) is 1.65. The Hall–Kier alpha value is -0.650. The van der Waals surface area contributed by atoms with Crippen molar-refractivity contribution in [2.24, 2.45) is 0 Å². The molecule has 0 saturated heterocycles. The third kappa shape index (κ3) is 9.44. The molecule has 0 spiro atoms. The van der Waals surface area contributed by atoms with E-state index in [1.54, 1.807) is 7.11 Å². The molecule has 0 unspecified atom stereocenters. The molecule has 0 saturated carbocycles. The monoisotopic (exact) mass is 203 g/mol. The molecule has 0 atom stereocenters. The Morgan fingerprint density at radius 3 is 2.64 bits per heavy atom. The third-order valence-corrected chi connectivity index (χ3v) is 1.65. The number of ether oxygens (including phenoxy) is 1. The minimum atomic E-state index is 0.0305. The Labute approximate surface area is 85.8 Å². The van der Waals surface area contributed by atoms with E-state index in [1.165, 1.54) is 0 Å². The van der Waals surface area contributed by atoms with Gasteiger partial charge in [-0.05, 0) is 14.1 Å². The molecule has 0 aliphatic rings. The summed E-state index contributed by atoms with van der Waals surface area (Å²) >= 11 is 0. The first-order valence-electron chi connectivity index (χ1n) is 4.78. The van der Waals surface area contributed by atoms with E-state index in [1.807, 2.05) is 19.0 Å². The number of hydrogen-bond donors (Lipinski definition) is 2. The number of carbonyl (C=O) groups is 1. The van der Waals surface area contributed by atoms with Gasteiger partial charge in [0.15, 0.2) is 0 Å². The summed E-state index contributed by atoms with van der Waals surface area (Å²) in [4.78, 5) is 13.2. The second-order valence-electron chi connectivity index (χ2n) is 3.32. The van der Waals surface area contributed by atoms with Crippen LogP contribution in [-0.4, -0.2) is 64.8 Å². The highest BCUT2D eigenvalue weighted by Gasteiger charge is 1.98. The molecule has 0 aromatic carbocycles. The number of nitrogens with one attached hydrogen (secondary N) is 2. The summed E-state index contributed by atoms with van der Waals surface area (Å²) in [5.74, 6) is 0.0305. The van der Waals surface area contributed by atoms with E-state index in [0.29, 0.717) is 26.2 Å². The van der Waals surface area contributed by atoms with Crippen LogP contribution in [0.3, 0.4) is 0 Å². The lowest BCUT2D eigenvalue weighted by Gasteiger charge is -2.10. The highest BCUT2D eigenvalue weighted by Crippen LogP contribution is 1.71. The van der Waals surface area contributed by atoms with E-state index in [4.69, 9.17) is 4.74 Å². The van der Waals surface area contributed by atoms with Gasteiger partial charge in [0, 0.05) is 26.7 Å². The van der Waals surface area contributed by atoms with Crippen molar-refractivity contribution in [2.75, 3.05) is 54.0 Å². The molecule has 1 amide bonds. The first-order chi connectivity index (χ1) is 6.66. The van der Waals surface area contributed by atoms with Crippen LogP contribution in [0.25, 0.3) is 0 Å². The number of hydrogen-bond acceptors (Lipinski definition) is 4. The standard InChI is InChI=1S/C9H21N3O2/c1-12(2)6-4-11-9(13)8-10-5-7-14-3/h10H,4-8H2,1-3H3,(H,11,13). The van der Waals surface area contributed by atoms with E-state index < -0.39 is 0 Å². The second-order valence-corrected chi connectivity index (χ2v) is 3.32. The van der Waals surface area contributed by atoms with Crippen LogP contribution in [0.1, 0.15) is 0 Å². The smallest absolute Gasteiger partial charge is 0.234 e. The molecule has 5 heteroatoms. The normalized spacial score (nSPS) is 10.6. The van der Waals surface area contributed by atoms with E-state index in [9.17, 15) is 4.79 Å². The minimum absolute atomic E-state index is 0.0305. The summed E-state index contributed by atoms with van der Waals surface area (Å²) in [5.41, 5.74) is 0. The summed E-state index contributed by atoms with van der Waals surface area (Å²) in [6.45, 7) is 3.25. The molecule has 0 aliphatic heterocycles. The van der Waals surface area contributed by atoms with Gasteiger partial charge in [0.1, 0.15) is 0 Å². The van der Waals surface area contributed by atoms with Crippen molar-refractivity contribution < 1.29 is 9.53 Å². The van der Waals surface area contributed by atoms with Crippen LogP contribution in [0.2, 0.25) is 0 Å². The van der Waals surface area contributed by atoms with Gasteiger partial charge in [-0.1, -0.05) is 0 Å². The Kier molecular flexibility index (Phi) is 8.51. The Balaban J connectivity index is 3.20. The predicted octanol–water partition coefficient (Wildman–Crippen LogP) is -1.10. The van der Waals surface area contributed by atoms with Gasteiger partial charge in [-0.15, -0.1) is 0 Å². The van der Waals surface area contributed by atoms with Gasteiger partial charge in [0.25, 0.3) is 0 Å². The summed E-state index contributed by atoms with van der Waals surface area (Å²) in [6, 6.07) is 0. The fourth-order valence-corrected chi connectivity index (χ4v) is 0.858. The maximum Gasteiger partial charge on any atom is 0.234 e. The van der Waals surface area contributed by atoms with Gasteiger partial charge in [-0.2, -0.15) is 0 Å². The quantitative estimate of drug-likeness (QED) is 0.492. The minimum Gasteiger partial charge on any atom is -0.383 e. The van der Waals surface area contributed by atoms with Gasteiger partial charge in [-0.3, -0.25) is 4.79 Å². The van der Waals surface area contributed by atoms with Crippen molar-refractivity contribution in [1.29, 1.82) is 0 Å². The topological polar surface area (TPSA) is 53.6 Å². The molecule has 0 rings (SSSR count). The van der Waals surface area contributed by atoms with E-state index in [0.717, 1.165) is 6.54 Å². The highest BCUT2D eigenvalue weighted by atomic mass is 16.5. The maximum absolute atomic E-state index is 11.2. The van der Waals surface area contributed by atoms with Crippen molar-refractivity contribution in [3.63, 3.8) is 0 Å². The molecule has 0 aromatic heterocycles. The zero-order valence-corrected chi connectivity index (χ0v) is 9.30. The van der Waals surface area contributed by atoms with Gasteiger partial charge >= 0.3 is 0 Å². The Bertz CT molecular complexity index is 151. The Morgan fingerprint density at radius 2 is 2.07 bits per heavy atom. The molecular formula is C9H21N3O2. The molecule has 0 bridgehead atoms. The average Bonchev–Trinajstić information content (AvgIpc) is 2.12. The van der Waals surface area contributed by atoms with Crippen molar-refractivity contribution in [2.45, 2.75) is 0 Å². The molecule has 14 heavy (non-hydrogen) atoms. The summed E-state index contributed by atoms with van der Waals surface area (Å²) < 4.78 is 4.84. The first-order valence-corrected chi connectivity index (χ1v) is 4.78. The SMILES string of the molecule is COCCNCC(=O)NCCN(C)C. The summed E-state index contributed by atoms with van der Waals surface area (Å²) in [5, 5.41) is 5.78. The lowest BCUT2D eigenvalue weighted by Crippen LogP contribution is -2.38. The van der Waals surface area contributed by atoms with Crippen LogP contribution in [0.4, 0.5) is 0 Å². The summed E-state index contributed by atoms with van der Waals surface area (Å²) in [7, 11) is 5.59. The average molecular weight is 203 g/mol. The number of likely N-dealkylation sites (N-methyl/N-ethyl adjacent to an activating group) is 1. The van der Waals surface area contributed by atoms with Crippen molar-refractivity contribution >= 4 is 5.91 Å².